The van der Waals surface area contributed by atoms with Crippen molar-refractivity contribution in [1.82, 2.24) is 15.5 Å². The Morgan fingerprint density at radius 3 is 2.45 bits per heavy atom. The third-order valence-electron chi connectivity index (χ3n) is 3.82. The number of carbonyl (C=O) groups is 1. The highest BCUT2D eigenvalue weighted by Crippen LogP contribution is 2.35. The molecular weight excluding hydrogens is 278 g/mol. The van der Waals surface area contributed by atoms with Crippen molar-refractivity contribution in [2.24, 2.45) is 0 Å². The lowest BCUT2D eigenvalue weighted by Gasteiger charge is -2.10. The van der Waals surface area contributed by atoms with Crippen molar-refractivity contribution in [2.45, 2.75) is 13.5 Å². The molecule has 0 unspecified atom stereocenters. The first-order valence-corrected chi connectivity index (χ1v) is 7.04. The highest BCUT2D eigenvalue weighted by Gasteiger charge is 2.23. The summed E-state index contributed by atoms with van der Waals surface area (Å²) in [4.78, 5) is 11.9. The minimum absolute atomic E-state index is 0.0250. The van der Waals surface area contributed by atoms with Crippen LogP contribution in [-0.2, 0) is 6.54 Å². The van der Waals surface area contributed by atoms with Gasteiger partial charge >= 0.3 is 0 Å². The van der Waals surface area contributed by atoms with Gasteiger partial charge in [-0.05, 0) is 28.8 Å². The minimum Gasteiger partial charge on any atom is -0.421 e. The number of carbonyl (C=O) groups excluding carboxylic acids is 1. The van der Waals surface area contributed by atoms with Crippen LogP contribution in [0, 0.1) is 6.92 Å². The predicted molar refractivity (Wildman–Crippen MR) is 81.1 cm³/mol. The molecule has 1 N–H and O–H groups in total. The Kier molecular flexibility index (Phi) is 2.79. The quantitative estimate of drug-likeness (QED) is 0.788. The molecule has 0 atom stereocenters. The molecule has 1 aromatic heterocycles. The monoisotopic (exact) mass is 291 g/mol. The first kappa shape index (κ1) is 12.8. The van der Waals surface area contributed by atoms with Crippen LogP contribution in [-0.4, -0.2) is 16.1 Å². The lowest BCUT2D eigenvalue weighted by atomic mass is 9.93. The van der Waals surface area contributed by atoms with Gasteiger partial charge in [0.25, 0.3) is 5.91 Å². The number of hydrogen-bond acceptors (Lipinski definition) is 4. The second-order valence-corrected chi connectivity index (χ2v) is 5.19. The van der Waals surface area contributed by atoms with Gasteiger partial charge in [-0.1, -0.05) is 30.3 Å². The van der Waals surface area contributed by atoms with Crippen LogP contribution in [0.25, 0.3) is 22.6 Å². The van der Waals surface area contributed by atoms with E-state index in [1.54, 1.807) is 6.92 Å². The van der Waals surface area contributed by atoms with Gasteiger partial charge in [-0.2, -0.15) is 0 Å². The molecule has 1 aliphatic rings. The zero-order valence-corrected chi connectivity index (χ0v) is 12.0. The standard InChI is InChI=1S/C17H13N3O2/c1-10-19-20-17(22-10)14-6-3-2-5-11(14)12-7-4-8-13-15(12)9-18-16(13)21/h2-8H,9H2,1H3,(H,18,21). The SMILES string of the molecule is Cc1nnc(-c2ccccc2-c2cccc3c2CNC3=O)o1. The first-order valence-electron chi connectivity index (χ1n) is 7.04. The van der Waals surface area contributed by atoms with Crippen molar-refractivity contribution in [3.8, 4) is 22.6 Å². The molecule has 0 radical (unpaired) electrons. The molecule has 1 aliphatic heterocycles. The fourth-order valence-electron chi connectivity index (χ4n) is 2.82. The maximum absolute atomic E-state index is 11.9. The van der Waals surface area contributed by atoms with Gasteiger partial charge in [-0.25, -0.2) is 0 Å². The number of aryl methyl sites for hydroxylation is 1. The Labute approximate surface area is 127 Å². The van der Waals surface area contributed by atoms with E-state index in [2.05, 4.69) is 15.5 Å². The lowest BCUT2D eigenvalue weighted by Crippen LogP contribution is -2.12. The summed E-state index contributed by atoms with van der Waals surface area (Å²) in [5, 5.41) is 10.9. The number of aromatic nitrogens is 2. The van der Waals surface area contributed by atoms with E-state index in [0.29, 0.717) is 18.3 Å². The molecule has 0 saturated heterocycles. The molecule has 3 aromatic rings. The van der Waals surface area contributed by atoms with Crippen LogP contribution in [0.1, 0.15) is 21.8 Å². The van der Waals surface area contributed by atoms with Crippen LogP contribution < -0.4 is 5.32 Å². The second-order valence-electron chi connectivity index (χ2n) is 5.19. The van der Waals surface area contributed by atoms with E-state index in [9.17, 15) is 4.79 Å². The zero-order chi connectivity index (χ0) is 15.1. The molecule has 0 bridgehead atoms. The van der Waals surface area contributed by atoms with Crippen molar-refractivity contribution in [1.29, 1.82) is 0 Å². The fraction of sp³-hybridized carbons (Fsp3) is 0.118. The van der Waals surface area contributed by atoms with Crippen molar-refractivity contribution >= 4 is 5.91 Å². The van der Waals surface area contributed by atoms with Gasteiger partial charge in [-0.15, -0.1) is 10.2 Å². The highest BCUT2D eigenvalue weighted by atomic mass is 16.4. The number of fused-ring (bicyclic) bond motifs is 1. The van der Waals surface area contributed by atoms with E-state index < -0.39 is 0 Å². The molecule has 2 aromatic carbocycles. The largest absolute Gasteiger partial charge is 0.421 e. The van der Waals surface area contributed by atoms with E-state index in [1.807, 2.05) is 42.5 Å². The summed E-state index contributed by atoms with van der Waals surface area (Å²) in [7, 11) is 0. The average Bonchev–Trinajstić information content (AvgIpc) is 3.14. The Hall–Kier alpha value is -2.95. The van der Waals surface area contributed by atoms with Gasteiger partial charge in [0.1, 0.15) is 0 Å². The Balaban J connectivity index is 1.94. The summed E-state index contributed by atoms with van der Waals surface area (Å²) in [5.41, 5.74) is 4.61. The Morgan fingerprint density at radius 1 is 0.955 bits per heavy atom. The molecule has 1 amide bonds. The summed E-state index contributed by atoms with van der Waals surface area (Å²) in [6.45, 7) is 2.31. The zero-order valence-electron chi connectivity index (χ0n) is 12.0. The van der Waals surface area contributed by atoms with E-state index in [1.165, 1.54) is 0 Å². The normalized spacial score (nSPS) is 13.0. The number of benzene rings is 2. The molecule has 108 valence electrons. The first-order chi connectivity index (χ1) is 10.7. The van der Waals surface area contributed by atoms with Crippen LogP contribution >= 0.6 is 0 Å². The molecular formula is C17H13N3O2. The van der Waals surface area contributed by atoms with Crippen LogP contribution in [0.4, 0.5) is 0 Å². The number of nitrogens with zero attached hydrogens (tertiary/aromatic N) is 2. The van der Waals surface area contributed by atoms with Gasteiger partial charge in [0, 0.05) is 24.6 Å². The number of amides is 1. The number of nitrogens with one attached hydrogen (secondary N) is 1. The third kappa shape index (κ3) is 1.90. The summed E-state index contributed by atoms with van der Waals surface area (Å²) in [6, 6.07) is 13.6. The van der Waals surface area contributed by atoms with Gasteiger partial charge in [0.2, 0.25) is 11.8 Å². The lowest BCUT2D eigenvalue weighted by molar-refractivity contribution is 0.0966. The highest BCUT2D eigenvalue weighted by molar-refractivity contribution is 6.01. The molecule has 4 rings (SSSR count). The second kappa shape index (κ2) is 4.80. The van der Waals surface area contributed by atoms with Gasteiger partial charge in [0.15, 0.2) is 0 Å². The van der Waals surface area contributed by atoms with E-state index in [-0.39, 0.29) is 5.91 Å². The molecule has 0 spiro atoms. The van der Waals surface area contributed by atoms with Crippen molar-refractivity contribution < 1.29 is 9.21 Å². The van der Waals surface area contributed by atoms with Crippen molar-refractivity contribution in [3.05, 3.63) is 59.5 Å². The van der Waals surface area contributed by atoms with Crippen LogP contribution in [0.3, 0.4) is 0 Å². The summed E-state index contributed by atoms with van der Waals surface area (Å²) < 4.78 is 5.57. The molecule has 2 heterocycles. The van der Waals surface area contributed by atoms with Crippen LogP contribution in [0.2, 0.25) is 0 Å². The Morgan fingerprint density at radius 2 is 1.68 bits per heavy atom. The van der Waals surface area contributed by atoms with Crippen LogP contribution in [0.5, 0.6) is 0 Å². The van der Waals surface area contributed by atoms with Crippen molar-refractivity contribution in [3.63, 3.8) is 0 Å². The molecule has 0 saturated carbocycles. The molecule has 5 heteroatoms. The maximum atomic E-state index is 11.9. The van der Waals surface area contributed by atoms with E-state index >= 15 is 0 Å². The molecule has 0 fully saturated rings. The number of hydrogen-bond donors (Lipinski definition) is 1. The Bertz CT molecular complexity index is 883. The minimum atomic E-state index is -0.0250. The summed E-state index contributed by atoms with van der Waals surface area (Å²) in [5.74, 6) is 0.992. The fourth-order valence-corrected chi connectivity index (χ4v) is 2.82. The summed E-state index contributed by atoms with van der Waals surface area (Å²) in [6.07, 6.45) is 0. The van der Waals surface area contributed by atoms with Crippen molar-refractivity contribution in [2.75, 3.05) is 0 Å². The average molecular weight is 291 g/mol. The van der Waals surface area contributed by atoms with Gasteiger partial charge in [0.05, 0.1) is 0 Å². The molecule has 5 nitrogen and oxygen atoms in total. The van der Waals surface area contributed by atoms with Gasteiger partial charge in [-0.3, -0.25) is 4.79 Å². The third-order valence-corrected chi connectivity index (χ3v) is 3.82. The predicted octanol–water partition coefficient (Wildman–Crippen LogP) is 2.96. The van der Waals surface area contributed by atoms with E-state index in [4.69, 9.17) is 4.42 Å². The topological polar surface area (TPSA) is 68.0 Å². The van der Waals surface area contributed by atoms with Gasteiger partial charge < -0.3 is 9.73 Å². The smallest absolute Gasteiger partial charge is 0.251 e. The maximum Gasteiger partial charge on any atom is 0.251 e. The van der Waals surface area contributed by atoms with Crippen LogP contribution in [0.15, 0.2) is 46.9 Å². The molecule has 0 aliphatic carbocycles. The van der Waals surface area contributed by atoms with E-state index in [0.717, 1.165) is 27.8 Å². The summed E-state index contributed by atoms with van der Waals surface area (Å²) >= 11 is 0. The number of rotatable bonds is 2. The molecule has 22 heavy (non-hydrogen) atoms.